The van der Waals surface area contributed by atoms with E-state index in [1.807, 2.05) is 0 Å². The van der Waals surface area contributed by atoms with Crippen LogP contribution in [0.2, 0.25) is 0 Å². The number of aromatic amines is 1. The van der Waals surface area contributed by atoms with E-state index in [0.717, 1.165) is 0 Å². The maximum atomic E-state index is 14.3. The highest BCUT2D eigenvalue weighted by Gasteiger charge is 2.37. The van der Waals surface area contributed by atoms with Gasteiger partial charge in [0.25, 0.3) is 0 Å². The first-order valence-corrected chi connectivity index (χ1v) is 27.4. The zero-order valence-corrected chi connectivity index (χ0v) is 48.7. The molecule has 1 rings (SSSR count). The van der Waals surface area contributed by atoms with Crippen LogP contribution in [0.15, 0.2) is 17.5 Å². The summed E-state index contributed by atoms with van der Waals surface area (Å²) in [5.74, 6) is -16.2. The van der Waals surface area contributed by atoms with Crippen LogP contribution in [0.4, 0.5) is 0 Å². The molecule has 85 heavy (non-hydrogen) atoms. The number of aliphatic carboxylic acids is 3. The molecule has 1 aromatic heterocycles. The number of hydrogen-bond donors (Lipinski definition) is 19. The Morgan fingerprint density at radius 3 is 1.34 bits per heavy atom. The number of carboxylic acid groups (broad SMARTS) is 3. The lowest BCUT2D eigenvalue weighted by atomic mass is 9.99. The Kier molecular flexibility index (Phi) is 33.0. The van der Waals surface area contributed by atoms with Crippen molar-refractivity contribution in [2.45, 2.75) is 186 Å². The predicted octanol–water partition coefficient (Wildman–Crippen LogP) is -6.10. The summed E-state index contributed by atoms with van der Waals surface area (Å²) in [4.78, 5) is 182. The summed E-state index contributed by atoms with van der Waals surface area (Å²) < 4.78 is 0. The van der Waals surface area contributed by atoms with Crippen molar-refractivity contribution in [2.24, 2.45) is 45.7 Å². The number of aliphatic imine (C=N–C) groups is 1. The molecule has 0 fully saturated rings. The van der Waals surface area contributed by atoms with E-state index >= 15 is 0 Å². The summed E-state index contributed by atoms with van der Waals surface area (Å²) in [5.41, 5.74) is 22.0. The number of nitrogens with one attached hydrogen (secondary N) is 10. The summed E-state index contributed by atoms with van der Waals surface area (Å²) in [6.07, 6.45) is -2.79. The number of carboxylic acids is 3. The average molecular weight is 1210 g/mol. The molecule has 10 amide bonds. The first-order valence-electron chi connectivity index (χ1n) is 27.4. The summed E-state index contributed by atoms with van der Waals surface area (Å²) >= 11 is 0. The molecule has 0 radical (unpaired) electrons. The van der Waals surface area contributed by atoms with Crippen molar-refractivity contribution in [3.05, 3.63) is 18.2 Å². The van der Waals surface area contributed by atoms with Crippen molar-refractivity contribution < 1.29 is 87.9 Å². The van der Waals surface area contributed by atoms with Crippen molar-refractivity contribution in [1.29, 1.82) is 0 Å². The van der Waals surface area contributed by atoms with Gasteiger partial charge in [-0.25, -0.2) is 9.78 Å². The Balaban J connectivity index is 3.58. The Morgan fingerprint density at radius 2 is 0.929 bits per heavy atom. The number of rotatable bonds is 41. The van der Waals surface area contributed by atoms with Gasteiger partial charge in [-0.15, -0.1) is 0 Å². The van der Waals surface area contributed by atoms with E-state index in [1.54, 1.807) is 27.7 Å². The minimum Gasteiger partial charge on any atom is -0.481 e. The SMILES string of the molecule is CC(C)C[C@H](NC(=O)[C@H](Cc1cnc[nH]1)NC(=O)[C@H](CCC(=O)O)NC(=O)[C@H](CC(C)C)NC(=O)[C@H](CCC(N)=O)NC(=O)[C@@H](NC(=O)[C@H](CCC(=O)O)NC(=O)[C@@H](N)[C@@H](C)O)C(C)C)C(=O)N[C@@H](CO)C(=O)N[C@@H](CCCN=C(N)N)C(=O)O. The number of nitrogens with zero attached hydrogens (tertiary/aromatic N) is 2. The molecule has 0 aliphatic carbocycles. The molecule has 0 saturated heterocycles. The summed E-state index contributed by atoms with van der Waals surface area (Å²) in [5, 5.41) is 70.2. The zero-order valence-electron chi connectivity index (χ0n) is 48.7. The second-order valence-corrected chi connectivity index (χ2v) is 21.4. The number of carbonyl (C=O) groups is 13. The van der Waals surface area contributed by atoms with Crippen molar-refractivity contribution in [3.63, 3.8) is 0 Å². The highest BCUT2D eigenvalue weighted by molar-refractivity contribution is 5.99. The molecule has 0 bridgehead atoms. The Bertz CT molecular complexity index is 2470. The van der Waals surface area contributed by atoms with E-state index in [2.05, 4.69) is 62.8 Å². The van der Waals surface area contributed by atoms with Gasteiger partial charge in [-0.2, -0.15) is 0 Å². The van der Waals surface area contributed by atoms with Crippen LogP contribution in [0.1, 0.15) is 118 Å². The molecule has 1 heterocycles. The number of aliphatic hydroxyl groups is 2. The number of amides is 10. The van der Waals surface area contributed by atoms with E-state index in [0.29, 0.717) is 0 Å². The molecule has 0 saturated carbocycles. The maximum Gasteiger partial charge on any atom is 0.326 e. The quantitative estimate of drug-likeness (QED) is 0.0165. The molecular formula is C51H86N16O18. The number of primary amides is 1. The number of aliphatic hydroxyl groups excluding tert-OH is 2. The van der Waals surface area contributed by atoms with E-state index in [9.17, 15) is 87.9 Å². The maximum absolute atomic E-state index is 14.3. The number of imidazole rings is 1. The van der Waals surface area contributed by atoms with Gasteiger partial charge in [0.2, 0.25) is 59.1 Å². The Labute approximate surface area is 490 Å². The number of H-pyrrole nitrogens is 1. The van der Waals surface area contributed by atoms with Crippen LogP contribution in [0, 0.1) is 17.8 Å². The van der Waals surface area contributed by atoms with E-state index in [4.69, 9.17) is 22.9 Å². The Hall–Kier alpha value is -8.53. The van der Waals surface area contributed by atoms with Crippen LogP contribution in [-0.2, 0) is 68.7 Å². The van der Waals surface area contributed by atoms with Gasteiger partial charge in [-0.1, -0.05) is 41.5 Å². The fraction of sp³-hybridized carbons (Fsp3) is 0.667. The lowest BCUT2D eigenvalue weighted by Crippen LogP contribution is -2.61. The lowest BCUT2D eigenvalue weighted by molar-refractivity contribution is -0.143. The lowest BCUT2D eigenvalue weighted by Gasteiger charge is -2.29. The smallest absolute Gasteiger partial charge is 0.326 e. The minimum atomic E-state index is -1.75. The second kappa shape index (κ2) is 37.6. The van der Waals surface area contributed by atoms with Crippen molar-refractivity contribution in [3.8, 4) is 0 Å². The first-order chi connectivity index (χ1) is 39.7. The molecule has 1 aromatic rings. The predicted molar refractivity (Wildman–Crippen MR) is 300 cm³/mol. The second-order valence-electron chi connectivity index (χ2n) is 21.4. The summed E-state index contributed by atoms with van der Waals surface area (Å²) in [6, 6.07) is -15.8. The fourth-order valence-electron chi connectivity index (χ4n) is 7.99. The highest BCUT2D eigenvalue weighted by Crippen LogP contribution is 2.13. The number of guanidine groups is 1. The summed E-state index contributed by atoms with van der Waals surface area (Å²) in [7, 11) is 0. The van der Waals surface area contributed by atoms with Crippen LogP contribution in [0.5, 0.6) is 0 Å². The van der Waals surface area contributed by atoms with Crippen LogP contribution < -0.4 is 70.8 Å². The summed E-state index contributed by atoms with van der Waals surface area (Å²) in [6.45, 7) is 9.92. The normalized spacial score (nSPS) is 15.1. The molecule has 34 nitrogen and oxygen atoms in total. The Morgan fingerprint density at radius 1 is 0.529 bits per heavy atom. The molecule has 0 aliphatic rings. The van der Waals surface area contributed by atoms with Crippen molar-refractivity contribution in [1.82, 2.24) is 57.8 Å². The zero-order chi connectivity index (χ0) is 64.8. The molecule has 0 aliphatic heterocycles. The third-order valence-electron chi connectivity index (χ3n) is 12.6. The standard InChI is InChI=1S/C51H86N16O18/c1-23(2)17-32(63-41(75)28(10-13-36(52)70)61-49(83)40(25(5)6)67-43(77)30(12-15-38(73)74)60-48(82)39(53)26(7)69)44(78)59-29(11-14-37(71)72)42(76)65-34(19-27-20-56-22-58-27)46(80)64-33(18-24(3)4)45(79)66-35(21-68)47(81)62-31(50(84)85)9-8-16-57-51(54)55/h20,22-26,28-35,39-40,68-69H,8-19,21,53H2,1-7H3,(H2,52,70)(H,56,58)(H,59,78)(H,60,82)(H,61,83)(H,62,81)(H,63,75)(H,64,80)(H,65,76)(H,66,79)(H,67,77)(H,71,72)(H,73,74)(H,84,85)(H4,54,55,57)/t26-,28+,29+,30+,31+,32+,33+,34+,35+,39+,40+/m1/s1. The molecule has 23 N–H and O–H groups in total. The molecule has 478 valence electrons. The largest absolute Gasteiger partial charge is 0.481 e. The van der Waals surface area contributed by atoms with Gasteiger partial charge in [0, 0.05) is 44.1 Å². The molecule has 34 heteroatoms. The van der Waals surface area contributed by atoms with Crippen LogP contribution >= 0.6 is 0 Å². The van der Waals surface area contributed by atoms with E-state index in [-0.39, 0.29) is 62.1 Å². The third kappa shape index (κ3) is 29.0. The van der Waals surface area contributed by atoms with Gasteiger partial charge in [-0.05, 0) is 69.6 Å². The highest BCUT2D eigenvalue weighted by atomic mass is 16.4. The van der Waals surface area contributed by atoms with Gasteiger partial charge in [0.1, 0.15) is 60.4 Å². The number of carbonyl (C=O) groups excluding carboxylic acids is 10. The average Bonchev–Trinajstić information content (AvgIpc) is 4.10. The van der Waals surface area contributed by atoms with Gasteiger partial charge < -0.3 is 101 Å². The molecule has 11 atom stereocenters. The number of nitrogens with two attached hydrogens (primary N) is 4. The number of hydrogen-bond acceptors (Lipinski definition) is 18. The molecular weight excluding hydrogens is 1120 g/mol. The van der Waals surface area contributed by atoms with Crippen LogP contribution in [0.25, 0.3) is 0 Å². The molecule has 0 aromatic carbocycles. The molecule has 0 spiro atoms. The van der Waals surface area contributed by atoms with Gasteiger partial charge in [-0.3, -0.25) is 62.5 Å². The van der Waals surface area contributed by atoms with Gasteiger partial charge in [0.15, 0.2) is 5.96 Å². The van der Waals surface area contributed by atoms with E-state index in [1.165, 1.54) is 33.3 Å². The van der Waals surface area contributed by atoms with Gasteiger partial charge in [0.05, 0.1) is 19.0 Å². The third-order valence-corrected chi connectivity index (χ3v) is 12.6. The topological polar surface area (TPSA) is 576 Å². The van der Waals surface area contributed by atoms with Crippen LogP contribution in [0.3, 0.4) is 0 Å². The first kappa shape index (κ1) is 74.5. The minimum absolute atomic E-state index is 0.0380. The van der Waals surface area contributed by atoms with Crippen molar-refractivity contribution >= 4 is 82.9 Å². The fourth-order valence-corrected chi connectivity index (χ4v) is 7.99. The number of aromatic nitrogens is 2. The van der Waals surface area contributed by atoms with Crippen molar-refractivity contribution in [2.75, 3.05) is 13.2 Å². The monoisotopic (exact) mass is 1210 g/mol. The van der Waals surface area contributed by atoms with Gasteiger partial charge >= 0.3 is 17.9 Å². The molecule has 0 unspecified atom stereocenters. The van der Waals surface area contributed by atoms with Crippen LogP contribution in [-0.4, -0.2) is 198 Å². The van der Waals surface area contributed by atoms with E-state index < -0.39 is 195 Å².